The lowest BCUT2D eigenvalue weighted by atomic mass is 9.85. The number of rotatable bonds is 9. The molecular weight excluding hydrogens is 472 g/mol. The Hall–Kier alpha value is -2.20. The molecule has 0 radical (unpaired) electrons. The van der Waals surface area contributed by atoms with Crippen molar-refractivity contribution in [1.29, 1.82) is 0 Å². The first-order chi connectivity index (χ1) is 16.7. The minimum Gasteiger partial charge on any atom is -0.369 e. The van der Waals surface area contributed by atoms with Crippen LogP contribution in [0.15, 0.2) is 16.9 Å². The quantitative estimate of drug-likeness (QED) is 0.446. The van der Waals surface area contributed by atoms with Gasteiger partial charge in [-0.1, -0.05) is 6.42 Å². The lowest BCUT2D eigenvalue weighted by Gasteiger charge is -2.28. The van der Waals surface area contributed by atoms with Crippen molar-refractivity contribution in [2.75, 3.05) is 43.8 Å². The molecule has 10 heteroatoms. The number of amides is 1. The zero-order valence-corrected chi connectivity index (χ0v) is 20.0. The smallest absolute Gasteiger partial charge is 0.229 e. The van der Waals surface area contributed by atoms with E-state index in [1.807, 2.05) is 17.8 Å². The molecule has 0 unspecified atom stereocenters. The highest BCUT2D eigenvalue weighted by Crippen LogP contribution is 2.27. The summed E-state index contributed by atoms with van der Waals surface area (Å²) < 4.78 is 25.4. The Bertz CT molecular complexity index is 1020. The number of anilines is 3. The molecule has 1 saturated heterocycles. The summed E-state index contributed by atoms with van der Waals surface area (Å²) in [6.45, 7) is 2.25. The number of carbonyl (C=O) groups is 1. The highest BCUT2D eigenvalue weighted by molar-refractivity contribution is 9.10. The van der Waals surface area contributed by atoms with Crippen LogP contribution in [-0.2, 0) is 4.79 Å². The Balaban J connectivity index is 1.29. The van der Waals surface area contributed by atoms with Crippen LogP contribution in [-0.4, -0.2) is 63.7 Å². The molecule has 3 N–H and O–H groups in total. The van der Waals surface area contributed by atoms with Gasteiger partial charge in [0, 0.05) is 35.5 Å². The Morgan fingerprint density at radius 3 is 2.81 bits per heavy atom. The molecule has 0 aromatic carbocycles. The van der Waals surface area contributed by atoms with Gasteiger partial charge in [0.25, 0.3) is 0 Å². The van der Waals surface area contributed by atoms with Gasteiger partial charge in [0.15, 0.2) is 0 Å². The zero-order valence-electron chi connectivity index (χ0n) is 21.4. The number of hydrogen-bond donors (Lipinski definition) is 3. The van der Waals surface area contributed by atoms with Crippen LogP contribution in [0, 0.1) is 12.8 Å². The van der Waals surface area contributed by atoms with E-state index in [1.54, 1.807) is 11.1 Å². The molecule has 0 bridgehead atoms. The van der Waals surface area contributed by atoms with Crippen molar-refractivity contribution in [1.82, 2.24) is 30.0 Å². The number of aryl methyl sites for hydroxylation is 1. The van der Waals surface area contributed by atoms with Crippen LogP contribution in [0.3, 0.4) is 0 Å². The molecule has 2 fully saturated rings. The van der Waals surface area contributed by atoms with Crippen LogP contribution in [0.2, 0.25) is 0 Å². The summed E-state index contributed by atoms with van der Waals surface area (Å²) in [6.07, 6.45) is 9.08. The van der Waals surface area contributed by atoms with E-state index in [1.165, 1.54) is 0 Å². The summed E-state index contributed by atoms with van der Waals surface area (Å²) in [5.41, 5.74) is 1.64. The molecular formula is C22H33BrN8O. The summed E-state index contributed by atoms with van der Waals surface area (Å²) in [5.74, 6) is 1.51. The largest absolute Gasteiger partial charge is 0.369 e. The van der Waals surface area contributed by atoms with Gasteiger partial charge >= 0.3 is 0 Å². The number of likely N-dealkylation sites (tertiary alicyclic amines) is 1. The maximum Gasteiger partial charge on any atom is 0.229 e. The normalized spacial score (nSPS) is 19.5. The van der Waals surface area contributed by atoms with E-state index in [0.717, 1.165) is 54.4 Å². The van der Waals surface area contributed by atoms with Crippen molar-refractivity contribution >= 4 is 39.3 Å². The summed E-state index contributed by atoms with van der Waals surface area (Å²) in [7, 11) is 0. The SMILES string of the molecule is [2H]C([2H])([2H])N1CCC(n2cc(Nc3ncc(Br)c(NCCCNC(=O)C4CCC4)n3)c(C)n2)CC1. The first-order valence-corrected chi connectivity index (χ1v) is 12.1. The summed E-state index contributed by atoms with van der Waals surface area (Å²) in [5, 5.41) is 14.2. The summed E-state index contributed by atoms with van der Waals surface area (Å²) >= 11 is 3.49. The first-order valence-electron chi connectivity index (χ1n) is 12.8. The second kappa shape index (κ2) is 10.6. The van der Waals surface area contributed by atoms with Crippen molar-refractivity contribution in [3.05, 3.63) is 22.6 Å². The summed E-state index contributed by atoms with van der Waals surface area (Å²) in [4.78, 5) is 22.4. The number of piperidine rings is 1. The lowest BCUT2D eigenvalue weighted by Crippen LogP contribution is -2.35. The van der Waals surface area contributed by atoms with Crippen LogP contribution in [0.25, 0.3) is 0 Å². The van der Waals surface area contributed by atoms with Crippen molar-refractivity contribution in [2.24, 2.45) is 5.92 Å². The lowest BCUT2D eigenvalue weighted by molar-refractivity contribution is -0.127. The third kappa shape index (κ3) is 5.78. The van der Waals surface area contributed by atoms with Crippen LogP contribution >= 0.6 is 15.9 Å². The van der Waals surface area contributed by atoms with Crippen LogP contribution in [0.5, 0.6) is 0 Å². The van der Waals surface area contributed by atoms with Gasteiger partial charge in [0.05, 0.1) is 21.9 Å². The van der Waals surface area contributed by atoms with Gasteiger partial charge in [-0.05, 0) is 75.0 Å². The molecule has 0 atom stereocenters. The Morgan fingerprint density at radius 1 is 1.28 bits per heavy atom. The van der Waals surface area contributed by atoms with E-state index < -0.39 is 6.98 Å². The molecule has 2 aromatic rings. The van der Waals surface area contributed by atoms with Gasteiger partial charge in [0.1, 0.15) is 5.82 Å². The van der Waals surface area contributed by atoms with Gasteiger partial charge in [-0.3, -0.25) is 9.48 Å². The van der Waals surface area contributed by atoms with Gasteiger partial charge in [-0.15, -0.1) is 0 Å². The predicted octanol–water partition coefficient (Wildman–Crippen LogP) is 3.47. The maximum atomic E-state index is 11.9. The third-order valence-corrected chi connectivity index (χ3v) is 6.75. The minimum absolute atomic E-state index is 0.163. The van der Waals surface area contributed by atoms with E-state index >= 15 is 0 Å². The molecule has 1 saturated carbocycles. The standard InChI is InChI=1S/C22H33BrN8O/c1-15-19(14-31(29-15)17-7-11-30(2)12-8-17)27-22-26-13-18(23)20(28-22)24-9-4-10-25-21(32)16-5-3-6-16/h13-14,16-17H,3-12H2,1-2H3,(H,25,32)(H2,24,26,27,28)/i2D3. The van der Waals surface area contributed by atoms with Crippen LogP contribution in [0.4, 0.5) is 17.5 Å². The van der Waals surface area contributed by atoms with E-state index in [9.17, 15) is 4.79 Å². The molecule has 1 amide bonds. The molecule has 2 aromatic heterocycles. The number of aromatic nitrogens is 4. The second-order valence-electron chi connectivity index (χ2n) is 8.54. The van der Waals surface area contributed by atoms with Gasteiger partial charge < -0.3 is 20.9 Å². The highest BCUT2D eigenvalue weighted by Gasteiger charge is 2.24. The van der Waals surface area contributed by atoms with Gasteiger partial charge in [-0.25, -0.2) is 4.98 Å². The highest BCUT2D eigenvalue weighted by atomic mass is 79.9. The third-order valence-electron chi connectivity index (χ3n) is 6.17. The van der Waals surface area contributed by atoms with E-state index in [0.29, 0.717) is 37.9 Å². The molecule has 2 aliphatic rings. The summed E-state index contributed by atoms with van der Waals surface area (Å²) in [6, 6.07) is 0.163. The topological polar surface area (TPSA) is 100 Å². The van der Waals surface area contributed by atoms with Crippen molar-refractivity contribution < 1.29 is 8.91 Å². The second-order valence-corrected chi connectivity index (χ2v) is 9.40. The van der Waals surface area contributed by atoms with Crippen LogP contribution < -0.4 is 16.0 Å². The molecule has 3 heterocycles. The molecule has 1 aliphatic heterocycles. The number of nitrogens with one attached hydrogen (secondary N) is 3. The van der Waals surface area contributed by atoms with Gasteiger partial charge in [-0.2, -0.15) is 10.1 Å². The van der Waals surface area contributed by atoms with Gasteiger partial charge in [0.2, 0.25) is 11.9 Å². The fraction of sp³-hybridized carbons (Fsp3) is 0.636. The number of nitrogens with zero attached hydrogens (tertiary/aromatic N) is 5. The van der Waals surface area contributed by atoms with Crippen molar-refractivity contribution in [2.45, 2.75) is 51.5 Å². The predicted molar refractivity (Wildman–Crippen MR) is 129 cm³/mol. The fourth-order valence-electron chi connectivity index (χ4n) is 3.92. The number of carbonyl (C=O) groups excluding carboxylic acids is 1. The maximum absolute atomic E-state index is 11.9. The average molecular weight is 508 g/mol. The zero-order chi connectivity index (χ0) is 25.0. The minimum atomic E-state index is -2.04. The Kier molecular flexibility index (Phi) is 6.39. The molecule has 174 valence electrons. The van der Waals surface area contributed by atoms with Crippen molar-refractivity contribution in [3.63, 3.8) is 0 Å². The van der Waals surface area contributed by atoms with Crippen molar-refractivity contribution in [3.8, 4) is 0 Å². The first kappa shape index (κ1) is 19.3. The van der Waals surface area contributed by atoms with E-state index in [-0.39, 0.29) is 17.9 Å². The van der Waals surface area contributed by atoms with E-state index in [2.05, 4.69) is 46.9 Å². The Morgan fingerprint density at radius 2 is 2.09 bits per heavy atom. The molecule has 32 heavy (non-hydrogen) atoms. The van der Waals surface area contributed by atoms with E-state index in [4.69, 9.17) is 4.11 Å². The average Bonchev–Trinajstić information content (AvgIpc) is 3.14. The van der Waals surface area contributed by atoms with Crippen LogP contribution in [0.1, 0.15) is 54.4 Å². The molecule has 9 nitrogen and oxygen atoms in total. The molecule has 1 aliphatic carbocycles. The monoisotopic (exact) mass is 507 g/mol. The molecule has 0 spiro atoms. The Labute approximate surface area is 202 Å². The molecule has 4 rings (SSSR count). The fourth-order valence-corrected chi connectivity index (χ4v) is 4.25. The number of halogens is 1. The number of hydrogen-bond acceptors (Lipinski definition) is 7.